The van der Waals surface area contributed by atoms with E-state index in [2.05, 4.69) is 10.1 Å². The van der Waals surface area contributed by atoms with E-state index in [9.17, 15) is 18.8 Å². The maximum absolute atomic E-state index is 13.9. The minimum Gasteiger partial charge on any atom is -0.335 e. The van der Waals surface area contributed by atoms with Crippen molar-refractivity contribution in [3.63, 3.8) is 0 Å². The van der Waals surface area contributed by atoms with Crippen LogP contribution < -0.4 is 5.69 Å². The Kier molecular flexibility index (Phi) is 4.64. The van der Waals surface area contributed by atoms with Crippen molar-refractivity contribution in [1.82, 2.24) is 29.5 Å². The van der Waals surface area contributed by atoms with Crippen molar-refractivity contribution >= 4 is 11.9 Å². The van der Waals surface area contributed by atoms with Gasteiger partial charge >= 0.3 is 11.7 Å². The number of halogens is 1. The summed E-state index contributed by atoms with van der Waals surface area (Å²) in [5.41, 5.74) is 0.265. The largest absolute Gasteiger partial charge is 0.343 e. The third kappa shape index (κ3) is 3.28. The van der Waals surface area contributed by atoms with Crippen LogP contribution in [0.2, 0.25) is 0 Å². The van der Waals surface area contributed by atoms with E-state index in [0.29, 0.717) is 25.2 Å². The summed E-state index contributed by atoms with van der Waals surface area (Å²) in [6.07, 6.45) is 0. The van der Waals surface area contributed by atoms with Crippen LogP contribution in [0.5, 0.6) is 0 Å². The number of H-pyrrole nitrogens is 1. The molecule has 1 aromatic carbocycles. The normalized spacial score (nSPS) is 23.4. The molecule has 1 N–H and O–H groups in total. The lowest BCUT2D eigenvalue weighted by Gasteiger charge is -2.31. The van der Waals surface area contributed by atoms with E-state index in [0.717, 1.165) is 4.68 Å². The second-order valence-electron chi connectivity index (χ2n) is 7.87. The molecule has 2 saturated heterocycles. The molecule has 3 atom stereocenters. The summed E-state index contributed by atoms with van der Waals surface area (Å²) in [5, 5.41) is 3.94. The Bertz CT molecular complexity index is 1020. The Hall–Kier alpha value is -3.17. The first kappa shape index (κ1) is 19.2. The molecule has 2 aromatic rings. The van der Waals surface area contributed by atoms with E-state index >= 15 is 0 Å². The number of nitrogens with zero attached hydrogens (tertiary/aromatic N) is 5. The summed E-state index contributed by atoms with van der Waals surface area (Å²) in [5.74, 6) is -0.673. The van der Waals surface area contributed by atoms with Crippen molar-refractivity contribution in [2.75, 3.05) is 33.7 Å². The zero-order valence-electron chi connectivity index (χ0n) is 16.5. The van der Waals surface area contributed by atoms with Crippen LogP contribution in [-0.2, 0) is 7.05 Å². The van der Waals surface area contributed by atoms with Crippen molar-refractivity contribution in [3.8, 4) is 0 Å². The van der Waals surface area contributed by atoms with Crippen LogP contribution in [0.1, 0.15) is 22.2 Å². The molecule has 2 fully saturated rings. The summed E-state index contributed by atoms with van der Waals surface area (Å²) < 4.78 is 15.0. The predicted octanol–water partition coefficient (Wildman–Crippen LogP) is 0.674. The molecule has 0 unspecified atom stereocenters. The molecule has 1 aromatic heterocycles. The quantitative estimate of drug-likeness (QED) is 0.799. The number of likely N-dealkylation sites (tertiary alicyclic amines) is 2. The molecule has 4 rings (SSSR count). The number of hydrogen-bond donors (Lipinski definition) is 1. The molecule has 0 aliphatic carbocycles. The van der Waals surface area contributed by atoms with Gasteiger partial charge in [0.05, 0.1) is 6.04 Å². The molecule has 0 saturated carbocycles. The van der Waals surface area contributed by atoms with Gasteiger partial charge in [0.2, 0.25) is 5.82 Å². The lowest BCUT2D eigenvalue weighted by molar-refractivity contribution is 0.0754. The molecule has 10 heteroatoms. The highest BCUT2D eigenvalue weighted by atomic mass is 19.1. The number of fused-ring (bicyclic) bond motifs is 1. The van der Waals surface area contributed by atoms with Crippen molar-refractivity contribution < 1.29 is 14.0 Å². The molecule has 3 amide bonds. The van der Waals surface area contributed by atoms with Crippen LogP contribution in [0, 0.1) is 17.7 Å². The van der Waals surface area contributed by atoms with Crippen LogP contribution in [0.3, 0.4) is 0 Å². The summed E-state index contributed by atoms with van der Waals surface area (Å²) in [6, 6.07) is 5.80. The Labute approximate surface area is 166 Å². The van der Waals surface area contributed by atoms with Gasteiger partial charge in [-0.15, -0.1) is 5.10 Å². The Morgan fingerprint density at radius 2 is 2.00 bits per heavy atom. The lowest BCUT2D eigenvalue weighted by atomic mass is 9.89. The Morgan fingerprint density at radius 3 is 2.62 bits per heavy atom. The molecule has 0 spiro atoms. The van der Waals surface area contributed by atoms with Crippen molar-refractivity contribution in [1.29, 1.82) is 0 Å². The van der Waals surface area contributed by atoms with E-state index < -0.39 is 5.69 Å². The number of aromatic amines is 1. The maximum Gasteiger partial charge on any atom is 0.343 e. The van der Waals surface area contributed by atoms with Gasteiger partial charge in [0.25, 0.3) is 5.91 Å². The fourth-order valence-corrected chi connectivity index (χ4v) is 4.43. The molecule has 2 aliphatic rings. The van der Waals surface area contributed by atoms with Crippen LogP contribution in [-0.4, -0.2) is 75.1 Å². The minimum absolute atomic E-state index is 0.000929. The van der Waals surface area contributed by atoms with Gasteiger partial charge in [-0.1, -0.05) is 12.1 Å². The van der Waals surface area contributed by atoms with E-state index in [4.69, 9.17) is 0 Å². The summed E-state index contributed by atoms with van der Waals surface area (Å²) in [7, 11) is 4.84. The van der Waals surface area contributed by atoms with Crippen LogP contribution >= 0.6 is 0 Å². The van der Waals surface area contributed by atoms with Gasteiger partial charge < -0.3 is 14.7 Å². The predicted molar refractivity (Wildman–Crippen MR) is 102 cm³/mol. The van der Waals surface area contributed by atoms with Crippen molar-refractivity contribution in [3.05, 3.63) is 52.0 Å². The average Bonchev–Trinajstić information content (AvgIpc) is 3.33. The summed E-state index contributed by atoms with van der Waals surface area (Å²) in [4.78, 5) is 44.5. The summed E-state index contributed by atoms with van der Waals surface area (Å²) >= 11 is 0. The van der Waals surface area contributed by atoms with E-state index in [1.165, 1.54) is 24.1 Å². The molecule has 9 nitrogen and oxygen atoms in total. The fraction of sp³-hybridized carbons (Fsp3) is 0.474. The number of aryl methyl sites for hydroxylation is 1. The zero-order valence-corrected chi connectivity index (χ0v) is 16.5. The topological polar surface area (TPSA) is 94.5 Å². The first-order valence-corrected chi connectivity index (χ1v) is 9.42. The Balaban J connectivity index is 1.62. The standard InChI is InChI=1S/C19H23FN6O3/c1-23(2)19(29)26-9-12-8-25(17(27)16-21-18(28)24(3)22-16)10-14(12)15(26)11-5-4-6-13(20)7-11/h4-7,12,14-15H,8-10H2,1-3H3,(H,21,22,28)/t12-,14-,15+/m1/s1. The molecule has 154 valence electrons. The van der Waals surface area contributed by atoms with E-state index in [-0.39, 0.29) is 41.5 Å². The molecular formula is C19H23FN6O3. The van der Waals surface area contributed by atoms with Crippen LogP contribution in [0.15, 0.2) is 29.1 Å². The van der Waals surface area contributed by atoms with Crippen LogP contribution in [0.25, 0.3) is 0 Å². The second-order valence-corrected chi connectivity index (χ2v) is 7.87. The smallest absolute Gasteiger partial charge is 0.335 e. The first-order valence-electron chi connectivity index (χ1n) is 9.42. The van der Waals surface area contributed by atoms with Crippen LogP contribution in [0.4, 0.5) is 9.18 Å². The fourth-order valence-electron chi connectivity index (χ4n) is 4.43. The highest BCUT2D eigenvalue weighted by Gasteiger charge is 2.50. The van der Waals surface area contributed by atoms with Gasteiger partial charge in [-0.2, -0.15) is 0 Å². The number of aromatic nitrogens is 3. The molecule has 3 heterocycles. The minimum atomic E-state index is -0.451. The molecule has 0 radical (unpaired) electrons. The van der Waals surface area contributed by atoms with Gasteiger partial charge in [0.1, 0.15) is 5.82 Å². The molecule has 2 aliphatic heterocycles. The second kappa shape index (κ2) is 7.02. The number of amides is 3. The maximum atomic E-state index is 13.9. The highest BCUT2D eigenvalue weighted by molar-refractivity contribution is 5.90. The molecule has 29 heavy (non-hydrogen) atoms. The third-order valence-electron chi connectivity index (χ3n) is 5.74. The van der Waals surface area contributed by atoms with Gasteiger partial charge in [0.15, 0.2) is 0 Å². The number of nitrogens with one attached hydrogen (secondary N) is 1. The van der Waals surface area contributed by atoms with E-state index in [1.54, 1.807) is 30.0 Å². The van der Waals surface area contributed by atoms with Gasteiger partial charge in [-0.05, 0) is 17.7 Å². The number of carbonyl (C=O) groups excluding carboxylic acids is 2. The van der Waals surface area contributed by atoms with Gasteiger partial charge in [-0.3, -0.25) is 9.78 Å². The first-order chi connectivity index (χ1) is 13.8. The number of benzene rings is 1. The molecule has 0 bridgehead atoms. The van der Waals surface area contributed by atoms with Gasteiger partial charge in [-0.25, -0.2) is 18.7 Å². The van der Waals surface area contributed by atoms with Gasteiger partial charge in [0, 0.05) is 52.6 Å². The number of hydrogen-bond acceptors (Lipinski definition) is 4. The zero-order chi connectivity index (χ0) is 20.9. The average molecular weight is 402 g/mol. The lowest BCUT2D eigenvalue weighted by Crippen LogP contribution is -2.42. The third-order valence-corrected chi connectivity index (χ3v) is 5.74. The number of rotatable bonds is 2. The summed E-state index contributed by atoms with van der Waals surface area (Å²) in [6.45, 7) is 1.33. The highest BCUT2D eigenvalue weighted by Crippen LogP contribution is 2.45. The molecular weight excluding hydrogens is 379 g/mol. The SMILES string of the molecule is CN(C)C(=O)N1C[C@H]2CN(C(=O)c3nn(C)c(=O)[nH]3)C[C@H]2[C@@H]1c1cccc(F)c1. The number of urea groups is 1. The number of carbonyl (C=O) groups is 2. The monoisotopic (exact) mass is 402 g/mol. The van der Waals surface area contributed by atoms with Crippen molar-refractivity contribution in [2.45, 2.75) is 6.04 Å². The van der Waals surface area contributed by atoms with E-state index in [1.807, 2.05) is 6.07 Å². The van der Waals surface area contributed by atoms with Crippen molar-refractivity contribution in [2.24, 2.45) is 18.9 Å². The Morgan fingerprint density at radius 1 is 1.24 bits per heavy atom.